The molecule has 1 aromatic rings. The minimum Gasteiger partial charge on any atom is -0.317 e. The second-order valence-electron chi connectivity index (χ2n) is 5.17. The zero-order chi connectivity index (χ0) is 13.7. The highest BCUT2D eigenvalue weighted by atomic mass is 35.5. The van der Waals surface area contributed by atoms with E-state index < -0.39 is 0 Å². The van der Waals surface area contributed by atoms with Crippen LogP contribution >= 0.6 is 12.4 Å². The number of nitro groups is 1. The quantitative estimate of drug-likeness (QED) is 0.686. The van der Waals surface area contributed by atoms with Crippen molar-refractivity contribution in [3.05, 3.63) is 39.9 Å². The van der Waals surface area contributed by atoms with Crippen LogP contribution in [-0.4, -0.2) is 36.0 Å². The van der Waals surface area contributed by atoms with Gasteiger partial charge in [-0.3, -0.25) is 15.0 Å². The van der Waals surface area contributed by atoms with Gasteiger partial charge in [-0.25, -0.2) is 0 Å². The van der Waals surface area contributed by atoms with Crippen molar-refractivity contribution in [2.45, 2.75) is 31.8 Å². The molecule has 0 saturated carbocycles. The Balaban J connectivity index is 0.00000200. The van der Waals surface area contributed by atoms with Gasteiger partial charge in [-0.1, -0.05) is 12.1 Å². The first-order valence-electron chi connectivity index (χ1n) is 6.81. The summed E-state index contributed by atoms with van der Waals surface area (Å²) in [6, 6.07) is 7.47. The van der Waals surface area contributed by atoms with E-state index in [9.17, 15) is 10.1 Å². The number of nitrogens with zero attached hydrogens (tertiary/aromatic N) is 2. The van der Waals surface area contributed by atoms with Gasteiger partial charge in [-0.05, 0) is 45.0 Å². The van der Waals surface area contributed by atoms with Gasteiger partial charge in [0.1, 0.15) is 0 Å². The number of non-ortho nitro benzene ring substituents is 1. The van der Waals surface area contributed by atoms with Crippen LogP contribution in [0.2, 0.25) is 0 Å². The first kappa shape index (κ1) is 16.9. The second-order valence-corrected chi connectivity index (χ2v) is 5.17. The molecule has 1 fully saturated rings. The summed E-state index contributed by atoms with van der Waals surface area (Å²) in [5.74, 6) is 0. The molecule has 0 bridgehead atoms. The van der Waals surface area contributed by atoms with E-state index in [1.54, 1.807) is 12.1 Å². The molecule has 1 aliphatic heterocycles. The van der Waals surface area contributed by atoms with Gasteiger partial charge in [0.15, 0.2) is 0 Å². The average Bonchev–Trinajstić information content (AvgIpc) is 2.68. The third-order valence-corrected chi connectivity index (χ3v) is 3.75. The summed E-state index contributed by atoms with van der Waals surface area (Å²) in [5, 5.41) is 14.0. The lowest BCUT2D eigenvalue weighted by molar-refractivity contribution is -0.384. The lowest BCUT2D eigenvalue weighted by Gasteiger charge is -2.26. The largest absolute Gasteiger partial charge is 0.317 e. The molecule has 20 heavy (non-hydrogen) atoms. The van der Waals surface area contributed by atoms with Crippen molar-refractivity contribution in [1.29, 1.82) is 0 Å². The molecule has 0 amide bonds. The second kappa shape index (κ2) is 8.19. The predicted molar refractivity (Wildman–Crippen MR) is 82.3 cm³/mol. The Labute approximate surface area is 125 Å². The van der Waals surface area contributed by atoms with Crippen molar-refractivity contribution in [1.82, 2.24) is 10.2 Å². The summed E-state index contributed by atoms with van der Waals surface area (Å²) in [5.41, 5.74) is 1.29. The van der Waals surface area contributed by atoms with Crippen LogP contribution in [0.4, 0.5) is 5.69 Å². The van der Waals surface area contributed by atoms with Gasteiger partial charge in [0.05, 0.1) is 4.92 Å². The van der Waals surface area contributed by atoms with Crippen LogP contribution in [0.1, 0.15) is 24.8 Å². The molecular formula is C14H22ClN3O2. The van der Waals surface area contributed by atoms with Gasteiger partial charge in [0.25, 0.3) is 5.69 Å². The van der Waals surface area contributed by atoms with Crippen LogP contribution in [0, 0.1) is 10.1 Å². The molecule has 2 rings (SSSR count). The smallest absolute Gasteiger partial charge is 0.269 e. The Morgan fingerprint density at radius 2 is 2.00 bits per heavy atom. The third kappa shape index (κ3) is 4.74. The zero-order valence-corrected chi connectivity index (χ0v) is 12.6. The fourth-order valence-electron chi connectivity index (χ4n) is 2.58. The van der Waals surface area contributed by atoms with E-state index in [4.69, 9.17) is 0 Å². The summed E-state index contributed by atoms with van der Waals surface area (Å²) in [4.78, 5) is 12.6. The van der Waals surface area contributed by atoms with Gasteiger partial charge in [-0.2, -0.15) is 0 Å². The molecule has 112 valence electrons. The maximum absolute atomic E-state index is 10.6. The van der Waals surface area contributed by atoms with Gasteiger partial charge in [0, 0.05) is 24.7 Å². The van der Waals surface area contributed by atoms with E-state index in [1.165, 1.54) is 19.3 Å². The van der Waals surface area contributed by atoms with E-state index in [2.05, 4.69) is 17.3 Å². The Hall–Kier alpha value is -1.17. The molecule has 1 aliphatic rings. The molecule has 1 heterocycles. The first-order chi connectivity index (χ1) is 9.16. The van der Waals surface area contributed by atoms with E-state index in [1.807, 2.05) is 12.1 Å². The van der Waals surface area contributed by atoms with Crippen molar-refractivity contribution in [2.24, 2.45) is 0 Å². The van der Waals surface area contributed by atoms with Gasteiger partial charge in [0.2, 0.25) is 0 Å². The SMILES string of the molecule is CN(Cc1ccc([N+](=O)[O-])cc1)C1CCCNCC1.Cl. The van der Waals surface area contributed by atoms with Crippen LogP contribution in [0.25, 0.3) is 0 Å². The van der Waals surface area contributed by atoms with Crippen molar-refractivity contribution < 1.29 is 4.92 Å². The first-order valence-corrected chi connectivity index (χ1v) is 6.81. The standard InChI is InChI=1S/C14H21N3O2.ClH/c1-16(13-3-2-9-15-10-8-13)11-12-4-6-14(7-5-12)17(18)19;/h4-7,13,15H,2-3,8-11H2,1H3;1H. The minimum absolute atomic E-state index is 0. The molecule has 5 nitrogen and oxygen atoms in total. The number of rotatable bonds is 4. The molecule has 1 aromatic carbocycles. The zero-order valence-electron chi connectivity index (χ0n) is 11.7. The lowest BCUT2D eigenvalue weighted by Crippen LogP contribution is -2.31. The molecule has 1 unspecified atom stereocenters. The Morgan fingerprint density at radius 1 is 1.30 bits per heavy atom. The van der Waals surface area contributed by atoms with Crippen LogP contribution in [0.15, 0.2) is 24.3 Å². The van der Waals surface area contributed by atoms with Crippen LogP contribution in [0.3, 0.4) is 0 Å². The predicted octanol–water partition coefficient (Wildman–Crippen LogP) is 2.59. The average molecular weight is 300 g/mol. The van der Waals surface area contributed by atoms with E-state index >= 15 is 0 Å². The Bertz CT molecular complexity index is 417. The third-order valence-electron chi connectivity index (χ3n) is 3.75. The van der Waals surface area contributed by atoms with Crippen molar-refractivity contribution >= 4 is 18.1 Å². The van der Waals surface area contributed by atoms with Crippen molar-refractivity contribution in [3.63, 3.8) is 0 Å². The molecule has 6 heteroatoms. The number of hydrogen-bond donors (Lipinski definition) is 1. The number of hydrogen-bond acceptors (Lipinski definition) is 4. The number of nitro benzene ring substituents is 1. The van der Waals surface area contributed by atoms with E-state index in [-0.39, 0.29) is 23.0 Å². The van der Waals surface area contributed by atoms with Gasteiger partial charge in [-0.15, -0.1) is 12.4 Å². The lowest BCUT2D eigenvalue weighted by atomic mass is 10.1. The van der Waals surface area contributed by atoms with Crippen LogP contribution in [0.5, 0.6) is 0 Å². The highest BCUT2D eigenvalue weighted by molar-refractivity contribution is 5.85. The molecule has 1 N–H and O–H groups in total. The van der Waals surface area contributed by atoms with E-state index in [0.29, 0.717) is 6.04 Å². The fourth-order valence-corrected chi connectivity index (χ4v) is 2.58. The van der Waals surface area contributed by atoms with E-state index in [0.717, 1.165) is 25.2 Å². The summed E-state index contributed by atoms with van der Waals surface area (Å²) in [7, 11) is 2.14. The molecule has 0 aliphatic carbocycles. The van der Waals surface area contributed by atoms with Gasteiger partial charge >= 0.3 is 0 Å². The van der Waals surface area contributed by atoms with Crippen molar-refractivity contribution in [3.8, 4) is 0 Å². The molecular weight excluding hydrogens is 278 g/mol. The van der Waals surface area contributed by atoms with Crippen molar-refractivity contribution in [2.75, 3.05) is 20.1 Å². The van der Waals surface area contributed by atoms with Crippen LogP contribution in [-0.2, 0) is 6.54 Å². The molecule has 1 saturated heterocycles. The summed E-state index contributed by atoms with van der Waals surface area (Å²) in [6.07, 6.45) is 3.61. The maximum Gasteiger partial charge on any atom is 0.269 e. The number of nitrogens with one attached hydrogen (secondary N) is 1. The Kier molecular flexibility index (Phi) is 6.91. The molecule has 0 spiro atoms. The highest BCUT2D eigenvalue weighted by Gasteiger charge is 2.17. The van der Waals surface area contributed by atoms with Gasteiger partial charge < -0.3 is 5.32 Å². The highest BCUT2D eigenvalue weighted by Crippen LogP contribution is 2.17. The fraction of sp³-hybridized carbons (Fsp3) is 0.571. The summed E-state index contributed by atoms with van der Waals surface area (Å²) >= 11 is 0. The monoisotopic (exact) mass is 299 g/mol. The normalized spacial score (nSPS) is 19.2. The minimum atomic E-state index is -0.357. The molecule has 0 aromatic heterocycles. The molecule has 1 atom stereocenters. The Morgan fingerprint density at radius 3 is 2.65 bits per heavy atom. The summed E-state index contributed by atoms with van der Waals surface area (Å²) in [6.45, 7) is 3.04. The topological polar surface area (TPSA) is 58.4 Å². The summed E-state index contributed by atoms with van der Waals surface area (Å²) < 4.78 is 0. The molecule has 0 radical (unpaired) electrons. The maximum atomic E-state index is 10.6. The number of benzene rings is 1. The van der Waals surface area contributed by atoms with Crippen LogP contribution < -0.4 is 5.32 Å². The number of halogens is 1.